The Bertz CT molecular complexity index is 302. The maximum Gasteiger partial charge on any atom is 0.0497 e. The molecule has 0 radical (unpaired) electrons. The second kappa shape index (κ2) is 5.28. The number of halogens is 1. The molecule has 0 fully saturated rings. The number of aliphatic hydroxyl groups is 1. The highest BCUT2D eigenvalue weighted by Gasteiger charge is 2.21. The van der Waals surface area contributed by atoms with E-state index in [9.17, 15) is 5.11 Å². The van der Waals surface area contributed by atoms with Crippen molar-refractivity contribution >= 4 is 24.0 Å². The first kappa shape index (κ1) is 12.9. The van der Waals surface area contributed by atoms with E-state index < -0.39 is 8.07 Å². The Morgan fingerprint density at radius 1 is 1.20 bits per heavy atom. The predicted octanol–water partition coefficient (Wildman–Crippen LogP) is 3.86. The van der Waals surface area contributed by atoms with Crippen LogP contribution in [-0.4, -0.2) is 19.8 Å². The van der Waals surface area contributed by atoms with E-state index >= 15 is 0 Å². The molecule has 1 atom stereocenters. The maximum atomic E-state index is 9.42. The van der Waals surface area contributed by atoms with E-state index in [1.807, 2.05) is 12.1 Å². The van der Waals surface area contributed by atoms with Gasteiger partial charge in [-0.15, -0.1) is 0 Å². The molecule has 0 aliphatic rings. The zero-order valence-electron chi connectivity index (χ0n) is 9.63. The number of hydrogen-bond donors (Lipinski definition) is 1. The van der Waals surface area contributed by atoms with Crippen LogP contribution in [-0.2, 0) is 0 Å². The van der Waals surface area contributed by atoms with Crippen LogP contribution in [0.4, 0.5) is 0 Å². The van der Waals surface area contributed by atoms with Gasteiger partial charge in [0.2, 0.25) is 0 Å². The van der Waals surface area contributed by atoms with Crippen LogP contribution < -0.4 is 0 Å². The largest absolute Gasteiger partial charge is 0.396 e. The third kappa shape index (κ3) is 4.49. The molecule has 0 heterocycles. The first-order chi connectivity index (χ1) is 6.92. The van der Waals surface area contributed by atoms with Crippen molar-refractivity contribution in [1.29, 1.82) is 0 Å². The third-order valence-corrected chi connectivity index (χ3v) is 4.67. The zero-order chi connectivity index (χ0) is 11.5. The zero-order valence-corrected chi connectivity index (χ0v) is 12.2. The molecule has 1 N–H and O–H groups in total. The van der Waals surface area contributed by atoms with Gasteiger partial charge in [-0.3, -0.25) is 0 Å². The van der Waals surface area contributed by atoms with E-state index in [1.54, 1.807) is 0 Å². The monoisotopic (exact) mass is 286 g/mol. The first-order valence-corrected chi connectivity index (χ1v) is 9.79. The molecule has 0 bridgehead atoms. The molecule has 0 aliphatic heterocycles. The lowest BCUT2D eigenvalue weighted by Gasteiger charge is -2.23. The Kier molecular flexibility index (Phi) is 4.56. The van der Waals surface area contributed by atoms with Crippen LogP contribution in [0.2, 0.25) is 25.7 Å². The van der Waals surface area contributed by atoms with Crippen LogP contribution in [0, 0.1) is 0 Å². The van der Waals surface area contributed by atoms with Crippen molar-refractivity contribution in [1.82, 2.24) is 0 Å². The molecule has 1 aromatic rings. The topological polar surface area (TPSA) is 20.2 Å². The standard InChI is InChI=1S/C12H19BrOSi/c1-15(2,3)9-11(8-14)10-4-6-12(13)7-5-10/h4-7,11,14H,8-9H2,1-3H3. The maximum absolute atomic E-state index is 9.42. The molecule has 1 aromatic carbocycles. The molecule has 84 valence electrons. The van der Waals surface area contributed by atoms with Gasteiger partial charge in [-0.1, -0.05) is 47.7 Å². The van der Waals surface area contributed by atoms with Crippen molar-refractivity contribution in [2.45, 2.75) is 31.6 Å². The molecule has 15 heavy (non-hydrogen) atoms. The van der Waals surface area contributed by atoms with Gasteiger partial charge >= 0.3 is 0 Å². The Morgan fingerprint density at radius 3 is 2.13 bits per heavy atom. The summed E-state index contributed by atoms with van der Waals surface area (Å²) in [5, 5.41) is 9.42. The average molecular weight is 287 g/mol. The summed E-state index contributed by atoms with van der Waals surface area (Å²) in [4.78, 5) is 0. The lowest BCUT2D eigenvalue weighted by atomic mass is 10.0. The van der Waals surface area contributed by atoms with Gasteiger partial charge in [0.1, 0.15) is 0 Å². The molecule has 1 rings (SSSR count). The highest BCUT2D eigenvalue weighted by atomic mass is 79.9. The minimum absolute atomic E-state index is 0.256. The Labute approximate surface area is 102 Å². The van der Waals surface area contributed by atoms with Gasteiger partial charge in [-0.2, -0.15) is 0 Å². The van der Waals surface area contributed by atoms with Crippen molar-refractivity contribution in [3.8, 4) is 0 Å². The van der Waals surface area contributed by atoms with Gasteiger partial charge in [-0.05, 0) is 23.7 Å². The van der Waals surface area contributed by atoms with E-state index in [-0.39, 0.29) is 6.61 Å². The molecule has 0 saturated heterocycles. The molecule has 0 saturated carbocycles. The second-order valence-corrected chi connectivity index (χ2v) is 11.6. The molecule has 0 spiro atoms. The van der Waals surface area contributed by atoms with Crippen LogP contribution >= 0.6 is 15.9 Å². The third-order valence-electron chi connectivity index (χ3n) is 2.42. The number of benzene rings is 1. The minimum atomic E-state index is -1.11. The number of aliphatic hydroxyl groups excluding tert-OH is 1. The van der Waals surface area contributed by atoms with Crippen LogP contribution in [0.5, 0.6) is 0 Å². The van der Waals surface area contributed by atoms with Gasteiger partial charge < -0.3 is 5.11 Å². The van der Waals surface area contributed by atoms with Crippen molar-refractivity contribution in [2.24, 2.45) is 0 Å². The second-order valence-electron chi connectivity index (χ2n) is 5.20. The van der Waals surface area contributed by atoms with Crippen LogP contribution in [0.15, 0.2) is 28.7 Å². The molecule has 1 unspecified atom stereocenters. The van der Waals surface area contributed by atoms with Crippen LogP contribution in [0.3, 0.4) is 0 Å². The molecule has 1 nitrogen and oxygen atoms in total. The van der Waals surface area contributed by atoms with Crippen LogP contribution in [0.25, 0.3) is 0 Å². The highest BCUT2D eigenvalue weighted by molar-refractivity contribution is 9.10. The summed E-state index contributed by atoms with van der Waals surface area (Å²) in [6.07, 6.45) is 0. The van der Waals surface area contributed by atoms with E-state index in [0.717, 1.165) is 10.5 Å². The van der Waals surface area contributed by atoms with Crippen molar-refractivity contribution < 1.29 is 5.11 Å². The van der Waals surface area contributed by atoms with Gasteiger partial charge in [0.25, 0.3) is 0 Å². The quantitative estimate of drug-likeness (QED) is 0.834. The fourth-order valence-electron chi connectivity index (χ4n) is 1.76. The lowest BCUT2D eigenvalue weighted by Crippen LogP contribution is -2.24. The molecule has 0 amide bonds. The van der Waals surface area contributed by atoms with Gasteiger partial charge in [0.15, 0.2) is 0 Å². The summed E-state index contributed by atoms with van der Waals surface area (Å²) in [6.45, 7) is 7.28. The van der Waals surface area contributed by atoms with Crippen molar-refractivity contribution in [3.63, 3.8) is 0 Å². The smallest absolute Gasteiger partial charge is 0.0497 e. The summed E-state index contributed by atoms with van der Waals surface area (Å²) in [5.74, 6) is 0.310. The summed E-state index contributed by atoms with van der Waals surface area (Å²) in [6, 6.07) is 9.44. The summed E-state index contributed by atoms with van der Waals surface area (Å²) in [5.41, 5.74) is 1.25. The normalized spacial score (nSPS) is 13.9. The molecular weight excluding hydrogens is 268 g/mol. The minimum Gasteiger partial charge on any atom is -0.396 e. The summed E-state index contributed by atoms with van der Waals surface area (Å²) >= 11 is 3.42. The summed E-state index contributed by atoms with van der Waals surface area (Å²) < 4.78 is 1.09. The van der Waals surface area contributed by atoms with E-state index in [2.05, 4.69) is 47.7 Å². The fourth-order valence-corrected chi connectivity index (χ4v) is 3.87. The van der Waals surface area contributed by atoms with Gasteiger partial charge in [0.05, 0.1) is 0 Å². The van der Waals surface area contributed by atoms with Crippen molar-refractivity contribution in [2.75, 3.05) is 6.61 Å². The predicted molar refractivity (Wildman–Crippen MR) is 72.1 cm³/mol. The number of rotatable bonds is 4. The highest BCUT2D eigenvalue weighted by Crippen LogP contribution is 2.27. The molecule has 0 aliphatic carbocycles. The van der Waals surface area contributed by atoms with Crippen LogP contribution in [0.1, 0.15) is 11.5 Å². The van der Waals surface area contributed by atoms with Gasteiger partial charge in [0, 0.05) is 25.1 Å². The molecule has 3 heteroatoms. The van der Waals surface area contributed by atoms with E-state index in [1.165, 1.54) is 5.56 Å². The van der Waals surface area contributed by atoms with E-state index in [0.29, 0.717) is 5.92 Å². The lowest BCUT2D eigenvalue weighted by molar-refractivity contribution is 0.272. The first-order valence-electron chi connectivity index (χ1n) is 5.29. The van der Waals surface area contributed by atoms with E-state index in [4.69, 9.17) is 0 Å². The van der Waals surface area contributed by atoms with Crippen molar-refractivity contribution in [3.05, 3.63) is 34.3 Å². The average Bonchev–Trinajstić information content (AvgIpc) is 2.14. The Hall–Kier alpha value is -0.123. The van der Waals surface area contributed by atoms with Gasteiger partial charge in [-0.25, -0.2) is 0 Å². The SMILES string of the molecule is C[Si](C)(C)CC(CO)c1ccc(Br)cc1. The Balaban J connectivity index is 2.79. The molecular formula is C12H19BrOSi. The summed E-state index contributed by atoms with van der Waals surface area (Å²) in [7, 11) is -1.11. The number of hydrogen-bond acceptors (Lipinski definition) is 1. The molecule has 0 aromatic heterocycles. The Morgan fingerprint density at radius 2 is 1.73 bits per heavy atom. The fraction of sp³-hybridized carbons (Fsp3) is 0.500.